The fourth-order valence-corrected chi connectivity index (χ4v) is 1.58. The molecule has 2 aromatic heterocycles. The second-order valence-corrected chi connectivity index (χ2v) is 3.89. The standard InChI is InChI=1S/C10H15N7/c1-16(5-7-4-13-17(2)6-7)9-3-8(11)14-10(12)15-9/h3-4,6H,5H2,1-2H3,(H4,11,12,14,15). The Labute approximate surface area is 99.1 Å². The van der Waals surface area contributed by atoms with Crippen molar-refractivity contribution in [2.45, 2.75) is 6.54 Å². The first-order chi connectivity index (χ1) is 8.04. The van der Waals surface area contributed by atoms with Gasteiger partial charge in [0.1, 0.15) is 11.6 Å². The molecule has 0 fully saturated rings. The zero-order valence-electron chi connectivity index (χ0n) is 9.83. The van der Waals surface area contributed by atoms with Crippen molar-refractivity contribution in [1.29, 1.82) is 0 Å². The smallest absolute Gasteiger partial charge is 0.223 e. The monoisotopic (exact) mass is 233 g/mol. The number of nitrogens with zero attached hydrogens (tertiary/aromatic N) is 5. The van der Waals surface area contributed by atoms with Gasteiger partial charge in [-0.1, -0.05) is 0 Å². The molecule has 0 atom stereocenters. The third-order valence-electron chi connectivity index (χ3n) is 2.32. The second-order valence-electron chi connectivity index (χ2n) is 3.89. The largest absolute Gasteiger partial charge is 0.383 e. The fourth-order valence-electron chi connectivity index (χ4n) is 1.58. The molecule has 0 radical (unpaired) electrons. The van der Waals surface area contributed by atoms with Gasteiger partial charge in [0.25, 0.3) is 0 Å². The minimum Gasteiger partial charge on any atom is -0.383 e. The molecule has 2 rings (SSSR count). The molecular weight excluding hydrogens is 218 g/mol. The molecule has 0 saturated carbocycles. The molecular formula is C10H15N7. The minimum atomic E-state index is 0.179. The molecule has 0 aliphatic rings. The molecule has 0 aromatic carbocycles. The molecule has 0 aliphatic heterocycles. The third kappa shape index (κ3) is 2.63. The van der Waals surface area contributed by atoms with Crippen molar-refractivity contribution in [3.63, 3.8) is 0 Å². The van der Waals surface area contributed by atoms with E-state index in [0.717, 1.165) is 5.56 Å². The molecule has 4 N–H and O–H groups in total. The lowest BCUT2D eigenvalue weighted by molar-refractivity contribution is 0.766. The lowest BCUT2D eigenvalue weighted by atomic mass is 10.3. The first-order valence-corrected chi connectivity index (χ1v) is 5.13. The summed E-state index contributed by atoms with van der Waals surface area (Å²) in [5, 5.41) is 4.11. The Morgan fingerprint density at radius 1 is 1.35 bits per heavy atom. The van der Waals surface area contributed by atoms with E-state index in [2.05, 4.69) is 15.1 Å². The maximum Gasteiger partial charge on any atom is 0.223 e. The highest BCUT2D eigenvalue weighted by Crippen LogP contribution is 2.15. The van der Waals surface area contributed by atoms with Crippen LogP contribution in [0.4, 0.5) is 17.6 Å². The first-order valence-electron chi connectivity index (χ1n) is 5.13. The van der Waals surface area contributed by atoms with Crippen LogP contribution in [0.25, 0.3) is 0 Å². The Morgan fingerprint density at radius 2 is 2.12 bits per heavy atom. The highest BCUT2D eigenvalue weighted by molar-refractivity contribution is 5.50. The predicted molar refractivity (Wildman–Crippen MR) is 66.2 cm³/mol. The summed E-state index contributed by atoms with van der Waals surface area (Å²) >= 11 is 0. The van der Waals surface area contributed by atoms with E-state index in [4.69, 9.17) is 11.5 Å². The number of anilines is 3. The third-order valence-corrected chi connectivity index (χ3v) is 2.32. The molecule has 0 aliphatic carbocycles. The van der Waals surface area contributed by atoms with Gasteiger partial charge in [-0.2, -0.15) is 15.1 Å². The van der Waals surface area contributed by atoms with Crippen molar-refractivity contribution >= 4 is 17.6 Å². The number of aryl methyl sites for hydroxylation is 1. The first kappa shape index (κ1) is 11.2. The van der Waals surface area contributed by atoms with Crippen molar-refractivity contribution in [2.24, 2.45) is 7.05 Å². The van der Waals surface area contributed by atoms with Gasteiger partial charge in [0, 0.05) is 38.5 Å². The minimum absolute atomic E-state index is 0.179. The average molecular weight is 233 g/mol. The highest BCUT2D eigenvalue weighted by atomic mass is 15.2. The number of rotatable bonds is 3. The van der Waals surface area contributed by atoms with Crippen molar-refractivity contribution < 1.29 is 0 Å². The van der Waals surface area contributed by atoms with Gasteiger partial charge in [0.15, 0.2) is 0 Å². The van der Waals surface area contributed by atoms with E-state index in [0.29, 0.717) is 18.2 Å². The van der Waals surface area contributed by atoms with E-state index in [1.807, 2.05) is 31.4 Å². The summed E-state index contributed by atoms with van der Waals surface area (Å²) in [5.41, 5.74) is 12.3. The fraction of sp³-hybridized carbons (Fsp3) is 0.300. The van der Waals surface area contributed by atoms with Gasteiger partial charge in [0.05, 0.1) is 6.20 Å². The van der Waals surface area contributed by atoms with Crippen molar-refractivity contribution in [3.05, 3.63) is 24.0 Å². The summed E-state index contributed by atoms with van der Waals surface area (Å²) in [6.07, 6.45) is 3.76. The molecule has 90 valence electrons. The lowest BCUT2D eigenvalue weighted by Gasteiger charge is -2.17. The highest BCUT2D eigenvalue weighted by Gasteiger charge is 2.07. The van der Waals surface area contributed by atoms with Crippen LogP contribution in [0.1, 0.15) is 5.56 Å². The number of hydrogen-bond donors (Lipinski definition) is 2. The van der Waals surface area contributed by atoms with Crippen LogP contribution >= 0.6 is 0 Å². The zero-order valence-corrected chi connectivity index (χ0v) is 9.83. The molecule has 17 heavy (non-hydrogen) atoms. The Bertz CT molecular complexity index is 499. The Kier molecular flexibility index (Phi) is 2.82. The van der Waals surface area contributed by atoms with Crippen LogP contribution < -0.4 is 16.4 Å². The van der Waals surface area contributed by atoms with Gasteiger partial charge >= 0.3 is 0 Å². The molecule has 0 unspecified atom stereocenters. The molecule has 2 aromatic rings. The topological polar surface area (TPSA) is 98.9 Å². The van der Waals surface area contributed by atoms with Crippen LogP contribution in [-0.2, 0) is 13.6 Å². The van der Waals surface area contributed by atoms with Crippen molar-refractivity contribution in [1.82, 2.24) is 19.7 Å². The number of aromatic nitrogens is 4. The predicted octanol–water partition coefficient (Wildman–Crippen LogP) is 0.0109. The number of hydrogen-bond acceptors (Lipinski definition) is 6. The van der Waals surface area contributed by atoms with Crippen LogP contribution in [0.2, 0.25) is 0 Å². The maximum absolute atomic E-state index is 5.62. The summed E-state index contributed by atoms with van der Waals surface area (Å²) < 4.78 is 1.76. The van der Waals surface area contributed by atoms with E-state index in [9.17, 15) is 0 Å². The Hall–Kier alpha value is -2.31. The van der Waals surface area contributed by atoms with E-state index in [1.165, 1.54) is 0 Å². The molecule has 0 saturated heterocycles. The average Bonchev–Trinajstić information content (AvgIpc) is 2.62. The second kappa shape index (κ2) is 4.28. The SMILES string of the molecule is CN(Cc1cnn(C)c1)c1cc(N)nc(N)n1. The summed E-state index contributed by atoms with van der Waals surface area (Å²) in [5.74, 6) is 1.24. The van der Waals surface area contributed by atoms with Gasteiger partial charge in [0.2, 0.25) is 5.95 Å². The van der Waals surface area contributed by atoms with Crippen LogP contribution in [0.15, 0.2) is 18.5 Å². The molecule has 0 spiro atoms. The van der Waals surface area contributed by atoms with Crippen LogP contribution in [-0.4, -0.2) is 26.8 Å². The normalized spacial score (nSPS) is 10.5. The maximum atomic E-state index is 5.62. The number of nitrogen functional groups attached to an aromatic ring is 2. The van der Waals surface area contributed by atoms with Crippen LogP contribution in [0, 0.1) is 0 Å². The molecule has 0 amide bonds. The van der Waals surface area contributed by atoms with E-state index >= 15 is 0 Å². The van der Waals surface area contributed by atoms with Crippen LogP contribution in [0.3, 0.4) is 0 Å². The number of nitrogens with two attached hydrogens (primary N) is 2. The van der Waals surface area contributed by atoms with E-state index in [1.54, 1.807) is 10.7 Å². The van der Waals surface area contributed by atoms with E-state index in [-0.39, 0.29) is 5.95 Å². The summed E-state index contributed by atoms with van der Waals surface area (Å²) in [6.45, 7) is 0.684. The summed E-state index contributed by atoms with van der Waals surface area (Å²) in [4.78, 5) is 9.89. The lowest BCUT2D eigenvalue weighted by Crippen LogP contribution is -2.18. The van der Waals surface area contributed by atoms with Crippen molar-refractivity contribution in [2.75, 3.05) is 23.4 Å². The van der Waals surface area contributed by atoms with Gasteiger partial charge < -0.3 is 16.4 Å². The van der Waals surface area contributed by atoms with E-state index < -0.39 is 0 Å². The quantitative estimate of drug-likeness (QED) is 0.774. The Morgan fingerprint density at radius 3 is 2.71 bits per heavy atom. The van der Waals surface area contributed by atoms with Gasteiger partial charge in [-0.05, 0) is 0 Å². The Balaban J connectivity index is 2.16. The van der Waals surface area contributed by atoms with Crippen molar-refractivity contribution in [3.8, 4) is 0 Å². The molecule has 7 nitrogen and oxygen atoms in total. The summed E-state index contributed by atoms with van der Waals surface area (Å²) in [6, 6.07) is 1.69. The molecule has 7 heteroatoms. The summed E-state index contributed by atoms with van der Waals surface area (Å²) in [7, 11) is 3.79. The molecule has 0 bridgehead atoms. The van der Waals surface area contributed by atoms with Gasteiger partial charge in [-0.3, -0.25) is 4.68 Å². The van der Waals surface area contributed by atoms with Gasteiger partial charge in [-0.25, -0.2) is 0 Å². The zero-order chi connectivity index (χ0) is 12.4. The van der Waals surface area contributed by atoms with Crippen LogP contribution in [0.5, 0.6) is 0 Å². The molecule has 2 heterocycles. The van der Waals surface area contributed by atoms with Gasteiger partial charge in [-0.15, -0.1) is 0 Å².